The summed E-state index contributed by atoms with van der Waals surface area (Å²) in [5.41, 5.74) is 3.36. The second kappa shape index (κ2) is 8.75. The molecule has 1 aliphatic heterocycles. The molecule has 0 bridgehead atoms. The number of aryl methyl sites for hydroxylation is 1. The molecule has 1 fully saturated rings. The van der Waals surface area contributed by atoms with Crippen LogP contribution in [0.25, 0.3) is 22.2 Å². The molecule has 3 aromatic rings. The van der Waals surface area contributed by atoms with Gasteiger partial charge in [-0.25, -0.2) is 9.37 Å². The number of aromatic nitrogens is 4. The summed E-state index contributed by atoms with van der Waals surface area (Å²) in [6.45, 7) is 3.80. The molecule has 152 valence electrons. The Bertz CT molecular complexity index is 996. The first-order chi connectivity index (χ1) is 14.1. The van der Waals surface area contributed by atoms with Gasteiger partial charge in [0.15, 0.2) is 5.78 Å². The molecule has 0 amide bonds. The van der Waals surface area contributed by atoms with Gasteiger partial charge in [0.25, 0.3) is 0 Å². The highest BCUT2D eigenvalue weighted by atomic mass is 19.1. The third kappa shape index (κ3) is 4.83. The van der Waals surface area contributed by atoms with Crippen molar-refractivity contribution in [2.75, 3.05) is 45.9 Å². The molecule has 0 unspecified atom stereocenters. The highest BCUT2D eigenvalue weighted by Crippen LogP contribution is 2.20. The van der Waals surface area contributed by atoms with Crippen LogP contribution >= 0.6 is 0 Å². The van der Waals surface area contributed by atoms with Crippen molar-refractivity contribution in [3.63, 3.8) is 0 Å². The lowest BCUT2D eigenvalue weighted by atomic mass is 10.1. The van der Waals surface area contributed by atoms with E-state index in [1.54, 1.807) is 17.1 Å². The van der Waals surface area contributed by atoms with Gasteiger partial charge in [-0.2, -0.15) is 5.10 Å². The van der Waals surface area contributed by atoms with Gasteiger partial charge in [0.2, 0.25) is 0 Å². The van der Waals surface area contributed by atoms with Crippen LogP contribution in [0.4, 0.5) is 4.39 Å². The van der Waals surface area contributed by atoms with Crippen LogP contribution in [0.15, 0.2) is 36.8 Å². The predicted octanol–water partition coefficient (Wildman–Crippen LogP) is 1.73. The predicted molar refractivity (Wildman–Crippen MR) is 109 cm³/mol. The highest BCUT2D eigenvalue weighted by molar-refractivity contribution is 5.85. The lowest BCUT2D eigenvalue weighted by Gasteiger charge is -2.33. The van der Waals surface area contributed by atoms with Gasteiger partial charge in [-0.05, 0) is 18.2 Å². The molecule has 0 spiro atoms. The fourth-order valence-corrected chi connectivity index (χ4v) is 3.67. The molecule has 0 aromatic carbocycles. The van der Waals surface area contributed by atoms with Gasteiger partial charge in [-0.3, -0.25) is 24.3 Å². The van der Waals surface area contributed by atoms with Crippen LogP contribution in [0.2, 0.25) is 0 Å². The Morgan fingerprint density at radius 1 is 1.14 bits per heavy atom. The highest BCUT2D eigenvalue weighted by Gasteiger charge is 2.19. The molecule has 4 heterocycles. The molecule has 0 radical (unpaired) electrons. The van der Waals surface area contributed by atoms with E-state index in [4.69, 9.17) is 4.98 Å². The smallest absolute Gasteiger partial charge is 0.152 e. The standard InChI is InChI=1S/C21H25FN6O/c1-26-14-17(13-24-26)20-3-2-16-12-23-18(11-21(16)25-20)10-19(29)15-28-8-6-27(5-4-22)7-9-28/h2-3,11-14H,4-10,15H2,1H3. The number of hydrogen-bond donors (Lipinski definition) is 0. The van der Waals surface area contributed by atoms with E-state index < -0.39 is 0 Å². The Labute approximate surface area is 169 Å². The first-order valence-electron chi connectivity index (χ1n) is 9.88. The van der Waals surface area contributed by atoms with E-state index in [1.165, 1.54) is 0 Å². The van der Waals surface area contributed by atoms with Gasteiger partial charge in [0.05, 0.1) is 30.4 Å². The molecule has 7 nitrogen and oxygen atoms in total. The summed E-state index contributed by atoms with van der Waals surface area (Å²) in [6.07, 6.45) is 5.77. The lowest BCUT2D eigenvalue weighted by Crippen LogP contribution is -2.48. The average molecular weight is 396 g/mol. The molecule has 0 saturated carbocycles. The van der Waals surface area contributed by atoms with Crippen molar-refractivity contribution in [3.8, 4) is 11.3 Å². The van der Waals surface area contributed by atoms with Crippen LogP contribution in [0.5, 0.6) is 0 Å². The normalized spacial score (nSPS) is 15.8. The number of ketones is 1. The third-order valence-corrected chi connectivity index (χ3v) is 5.27. The van der Waals surface area contributed by atoms with Gasteiger partial charge in [0.1, 0.15) is 6.67 Å². The van der Waals surface area contributed by atoms with Crippen LogP contribution in [0.1, 0.15) is 5.69 Å². The van der Waals surface area contributed by atoms with Crippen molar-refractivity contribution in [1.29, 1.82) is 0 Å². The monoisotopic (exact) mass is 396 g/mol. The van der Waals surface area contributed by atoms with Crippen molar-refractivity contribution in [2.24, 2.45) is 7.05 Å². The summed E-state index contributed by atoms with van der Waals surface area (Å²) >= 11 is 0. The number of rotatable bonds is 7. The Morgan fingerprint density at radius 3 is 2.66 bits per heavy atom. The number of fused-ring (bicyclic) bond motifs is 1. The summed E-state index contributed by atoms with van der Waals surface area (Å²) in [6, 6.07) is 5.83. The number of hydrogen-bond acceptors (Lipinski definition) is 6. The zero-order valence-corrected chi connectivity index (χ0v) is 16.6. The number of carbonyl (C=O) groups is 1. The minimum Gasteiger partial charge on any atom is -0.298 e. The number of nitrogens with zero attached hydrogens (tertiary/aromatic N) is 6. The molecule has 0 aliphatic carbocycles. The van der Waals surface area contributed by atoms with Crippen LogP contribution in [0, 0.1) is 0 Å². The van der Waals surface area contributed by atoms with Gasteiger partial charge in [0, 0.05) is 68.8 Å². The molecule has 29 heavy (non-hydrogen) atoms. The fraction of sp³-hybridized carbons (Fsp3) is 0.429. The minimum atomic E-state index is -0.316. The lowest BCUT2D eigenvalue weighted by molar-refractivity contribution is -0.120. The Kier molecular flexibility index (Phi) is 5.92. The van der Waals surface area contributed by atoms with E-state index in [9.17, 15) is 9.18 Å². The van der Waals surface area contributed by atoms with Crippen LogP contribution in [-0.2, 0) is 18.3 Å². The molecule has 0 N–H and O–H groups in total. The number of pyridine rings is 2. The molecule has 1 saturated heterocycles. The van der Waals surface area contributed by atoms with E-state index in [2.05, 4.69) is 19.9 Å². The quantitative estimate of drug-likeness (QED) is 0.606. The van der Waals surface area contributed by atoms with E-state index in [-0.39, 0.29) is 12.5 Å². The van der Waals surface area contributed by atoms with Crippen molar-refractivity contribution in [1.82, 2.24) is 29.5 Å². The largest absolute Gasteiger partial charge is 0.298 e. The van der Waals surface area contributed by atoms with E-state index in [0.29, 0.717) is 19.5 Å². The summed E-state index contributed by atoms with van der Waals surface area (Å²) in [4.78, 5) is 25.9. The van der Waals surface area contributed by atoms with Crippen molar-refractivity contribution in [2.45, 2.75) is 6.42 Å². The Balaban J connectivity index is 1.40. The molecular formula is C21H25FN6O. The van der Waals surface area contributed by atoms with E-state index >= 15 is 0 Å². The maximum absolute atomic E-state index is 12.5. The minimum absolute atomic E-state index is 0.138. The summed E-state index contributed by atoms with van der Waals surface area (Å²) < 4.78 is 14.2. The summed E-state index contributed by atoms with van der Waals surface area (Å²) in [5, 5.41) is 5.14. The first kappa shape index (κ1) is 19.6. The number of halogens is 1. The Hall–Kier alpha value is -2.71. The maximum atomic E-state index is 12.5. The zero-order chi connectivity index (χ0) is 20.2. The zero-order valence-electron chi connectivity index (χ0n) is 16.6. The van der Waals surface area contributed by atoms with Gasteiger partial charge in [-0.15, -0.1) is 0 Å². The second-order valence-electron chi connectivity index (χ2n) is 7.49. The number of alkyl halides is 1. The van der Waals surface area contributed by atoms with Gasteiger partial charge < -0.3 is 0 Å². The van der Waals surface area contributed by atoms with Gasteiger partial charge >= 0.3 is 0 Å². The second-order valence-corrected chi connectivity index (χ2v) is 7.49. The molecule has 3 aromatic heterocycles. The van der Waals surface area contributed by atoms with Gasteiger partial charge in [-0.1, -0.05) is 0 Å². The number of Topliss-reactive ketones (excluding diaryl/α,β-unsaturated/α-hetero) is 1. The van der Waals surface area contributed by atoms with Crippen molar-refractivity contribution in [3.05, 3.63) is 42.5 Å². The van der Waals surface area contributed by atoms with Crippen LogP contribution < -0.4 is 0 Å². The topological polar surface area (TPSA) is 67.2 Å². The Morgan fingerprint density at radius 2 is 1.93 bits per heavy atom. The van der Waals surface area contributed by atoms with E-state index in [1.807, 2.05) is 31.4 Å². The third-order valence-electron chi connectivity index (χ3n) is 5.27. The van der Waals surface area contributed by atoms with E-state index in [0.717, 1.165) is 54.0 Å². The molecule has 1 aliphatic rings. The molecule has 4 rings (SSSR count). The average Bonchev–Trinajstić information content (AvgIpc) is 3.15. The number of carbonyl (C=O) groups excluding carboxylic acids is 1. The molecular weight excluding hydrogens is 371 g/mol. The SMILES string of the molecule is Cn1cc(-c2ccc3cnc(CC(=O)CN4CCN(CCF)CC4)cc3n2)cn1. The van der Waals surface area contributed by atoms with Crippen molar-refractivity contribution < 1.29 is 9.18 Å². The molecule has 0 atom stereocenters. The van der Waals surface area contributed by atoms with Crippen LogP contribution in [-0.4, -0.2) is 81.3 Å². The first-order valence-corrected chi connectivity index (χ1v) is 9.88. The summed E-state index contributed by atoms with van der Waals surface area (Å²) in [7, 11) is 1.87. The summed E-state index contributed by atoms with van der Waals surface area (Å²) in [5.74, 6) is 0.138. The maximum Gasteiger partial charge on any atom is 0.152 e. The number of piperazine rings is 1. The molecule has 8 heteroatoms. The van der Waals surface area contributed by atoms with Crippen molar-refractivity contribution >= 4 is 16.7 Å². The van der Waals surface area contributed by atoms with Crippen LogP contribution in [0.3, 0.4) is 0 Å². The fourth-order valence-electron chi connectivity index (χ4n) is 3.67.